The highest BCUT2D eigenvalue weighted by atomic mass is 79.9. The number of nitrogens with one attached hydrogen (secondary N) is 1. The van der Waals surface area contributed by atoms with E-state index in [-0.39, 0.29) is 18.1 Å². The Hall–Kier alpha value is -3.40. The highest BCUT2D eigenvalue weighted by molar-refractivity contribution is 9.10. The van der Waals surface area contributed by atoms with Crippen LogP contribution in [-0.4, -0.2) is 17.0 Å². The number of hydrogen-bond acceptors (Lipinski definition) is 6. The molecule has 0 aliphatic rings. The van der Waals surface area contributed by atoms with Gasteiger partial charge < -0.3 is 9.15 Å². The van der Waals surface area contributed by atoms with E-state index in [1.807, 2.05) is 6.07 Å². The number of ether oxygens (including phenoxy) is 1. The maximum Gasteiger partial charge on any atom is 0.307 e. The third-order valence-corrected chi connectivity index (χ3v) is 5.75. The number of carbonyl (C=O) groups excluding carboxylic acids is 1. The molecular formula is C23H14BrCl2N3O5. The Morgan fingerprint density at radius 2 is 1.97 bits per heavy atom. The summed E-state index contributed by atoms with van der Waals surface area (Å²) in [6.07, 6.45) is 1.43. The molecule has 0 unspecified atom stereocenters. The molecule has 11 heteroatoms. The van der Waals surface area contributed by atoms with Crippen molar-refractivity contribution in [3.8, 4) is 5.75 Å². The molecule has 0 saturated carbocycles. The van der Waals surface area contributed by atoms with Gasteiger partial charge in [-0.3, -0.25) is 14.9 Å². The number of halogens is 3. The summed E-state index contributed by atoms with van der Waals surface area (Å²) in [5.74, 6) is -0.125. The number of nitro groups is 1. The van der Waals surface area contributed by atoms with Crippen LogP contribution >= 0.6 is 39.1 Å². The zero-order chi connectivity index (χ0) is 24.2. The van der Waals surface area contributed by atoms with Gasteiger partial charge >= 0.3 is 5.91 Å². The molecule has 1 heterocycles. The number of nitro benzene ring substituents is 1. The molecule has 172 valence electrons. The SMILES string of the molecule is O=C(N/N=C\c1cc(Br)ccc1OCc1ccc(Cl)cc1Cl)c1cc2cc([N+](=O)[O-])ccc2o1. The van der Waals surface area contributed by atoms with Crippen LogP contribution in [0.1, 0.15) is 21.7 Å². The largest absolute Gasteiger partial charge is 0.488 e. The van der Waals surface area contributed by atoms with Gasteiger partial charge in [-0.2, -0.15) is 5.10 Å². The number of hydrazone groups is 1. The van der Waals surface area contributed by atoms with E-state index in [4.69, 9.17) is 32.4 Å². The second kappa shape index (κ2) is 10.3. The second-order valence-electron chi connectivity index (χ2n) is 7.00. The number of rotatable bonds is 7. The average molecular weight is 563 g/mol. The van der Waals surface area contributed by atoms with Crippen LogP contribution in [0.5, 0.6) is 5.75 Å². The van der Waals surface area contributed by atoms with Crippen LogP contribution in [0, 0.1) is 10.1 Å². The van der Waals surface area contributed by atoms with Crippen LogP contribution < -0.4 is 10.2 Å². The van der Waals surface area contributed by atoms with Gasteiger partial charge in [0, 0.05) is 43.2 Å². The van der Waals surface area contributed by atoms with Crippen LogP contribution in [0.15, 0.2) is 74.7 Å². The summed E-state index contributed by atoms with van der Waals surface area (Å²) in [5.41, 5.74) is 3.99. The van der Waals surface area contributed by atoms with Gasteiger partial charge in [-0.05, 0) is 42.5 Å². The van der Waals surface area contributed by atoms with E-state index in [9.17, 15) is 14.9 Å². The first-order valence-corrected chi connectivity index (χ1v) is 11.2. The van der Waals surface area contributed by atoms with E-state index in [0.717, 1.165) is 10.0 Å². The molecule has 0 spiro atoms. The maximum absolute atomic E-state index is 12.4. The molecular weight excluding hydrogens is 549 g/mol. The number of carbonyl (C=O) groups is 1. The van der Waals surface area contributed by atoms with Gasteiger partial charge in [-0.1, -0.05) is 45.2 Å². The van der Waals surface area contributed by atoms with Crippen molar-refractivity contribution >= 4 is 67.9 Å². The minimum atomic E-state index is -0.611. The highest BCUT2D eigenvalue weighted by Gasteiger charge is 2.15. The zero-order valence-electron chi connectivity index (χ0n) is 17.1. The molecule has 34 heavy (non-hydrogen) atoms. The number of furan rings is 1. The predicted molar refractivity (Wildman–Crippen MR) is 133 cm³/mol. The number of benzene rings is 3. The lowest BCUT2D eigenvalue weighted by Crippen LogP contribution is -2.16. The van der Waals surface area contributed by atoms with Crippen molar-refractivity contribution in [3.05, 3.63) is 102 Å². The lowest BCUT2D eigenvalue weighted by Gasteiger charge is -2.11. The van der Waals surface area contributed by atoms with Crippen LogP contribution in [0.3, 0.4) is 0 Å². The first-order chi connectivity index (χ1) is 16.3. The van der Waals surface area contributed by atoms with Crippen LogP contribution in [0.25, 0.3) is 11.0 Å². The predicted octanol–water partition coefficient (Wildman–Crippen LogP) is 6.75. The Bertz CT molecular complexity index is 1440. The highest BCUT2D eigenvalue weighted by Crippen LogP contribution is 2.26. The summed E-state index contributed by atoms with van der Waals surface area (Å²) in [6, 6.07) is 16.0. The second-order valence-corrected chi connectivity index (χ2v) is 8.75. The average Bonchev–Trinajstić information content (AvgIpc) is 3.23. The van der Waals surface area contributed by atoms with Crippen LogP contribution in [0.2, 0.25) is 10.0 Å². The number of hydrogen-bond donors (Lipinski definition) is 1. The lowest BCUT2D eigenvalue weighted by molar-refractivity contribution is -0.384. The van der Waals surface area contributed by atoms with E-state index >= 15 is 0 Å². The first-order valence-electron chi connectivity index (χ1n) is 9.68. The summed E-state index contributed by atoms with van der Waals surface area (Å²) in [7, 11) is 0. The molecule has 1 amide bonds. The third kappa shape index (κ3) is 5.56. The Morgan fingerprint density at radius 1 is 1.15 bits per heavy atom. The monoisotopic (exact) mass is 561 g/mol. The summed E-state index contributed by atoms with van der Waals surface area (Å²) in [6.45, 7) is 0.204. The number of fused-ring (bicyclic) bond motifs is 1. The van der Waals surface area contributed by atoms with E-state index in [1.54, 1.807) is 30.3 Å². The molecule has 0 saturated heterocycles. The smallest absolute Gasteiger partial charge is 0.307 e. The van der Waals surface area contributed by atoms with Gasteiger partial charge in [-0.25, -0.2) is 5.43 Å². The minimum Gasteiger partial charge on any atom is -0.488 e. The quantitative estimate of drug-likeness (QED) is 0.152. The molecule has 0 atom stereocenters. The van der Waals surface area contributed by atoms with Gasteiger partial charge in [-0.15, -0.1) is 0 Å². The maximum atomic E-state index is 12.4. The van der Waals surface area contributed by atoms with Crippen LogP contribution in [0.4, 0.5) is 5.69 Å². The summed E-state index contributed by atoms with van der Waals surface area (Å²) in [4.78, 5) is 22.8. The van der Waals surface area contributed by atoms with Gasteiger partial charge in [0.1, 0.15) is 17.9 Å². The normalized spacial score (nSPS) is 11.1. The van der Waals surface area contributed by atoms with Crippen molar-refractivity contribution in [3.63, 3.8) is 0 Å². The van der Waals surface area contributed by atoms with E-state index in [1.165, 1.54) is 30.5 Å². The summed E-state index contributed by atoms with van der Waals surface area (Å²) in [5, 5.41) is 16.4. The van der Waals surface area contributed by atoms with Gasteiger partial charge in [0.15, 0.2) is 5.76 Å². The molecule has 4 aromatic rings. The summed E-state index contributed by atoms with van der Waals surface area (Å²) >= 11 is 15.5. The molecule has 3 aromatic carbocycles. The molecule has 8 nitrogen and oxygen atoms in total. The fraction of sp³-hybridized carbons (Fsp3) is 0.0435. The van der Waals surface area contributed by atoms with Gasteiger partial charge in [0.2, 0.25) is 0 Å². The van der Waals surface area contributed by atoms with Crippen molar-refractivity contribution < 1.29 is 18.9 Å². The molecule has 0 fully saturated rings. The molecule has 0 radical (unpaired) electrons. The van der Waals surface area contributed by atoms with E-state index in [2.05, 4.69) is 26.5 Å². The molecule has 0 aliphatic heterocycles. The van der Waals surface area contributed by atoms with E-state index in [0.29, 0.717) is 32.3 Å². The zero-order valence-corrected chi connectivity index (χ0v) is 20.2. The fourth-order valence-electron chi connectivity index (χ4n) is 3.02. The Morgan fingerprint density at radius 3 is 2.74 bits per heavy atom. The molecule has 4 rings (SSSR count). The van der Waals surface area contributed by atoms with Crippen LogP contribution in [-0.2, 0) is 6.61 Å². The van der Waals surface area contributed by atoms with Crippen molar-refractivity contribution in [1.29, 1.82) is 0 Å². The lowest BCUT2D eigenvalue weighted by atomic mass is 10.2. The van der Waals surface area contributed by atoms with Crippen molar-refractivity contribution in [2.75, 3.05) is 0 Å². The number of non-ortho nitro benzene ring substituents is 1. The number of nitrogens with zero attached hydrogens (tertiary/aromatic N) is 2. The van der Waals surface area contributed by atoms with Crippen molar-refractivity contribution in [2.24, 2.45) is 5.10 Å². The number of amides is 1. The summed E-state index contributed by atoms with van der Waals surface area (Å²) < 4.78 is 12.1. The third-order valence-electron chi connectivity index (χ3n) is 4.67. The first kappa shape index (κ1) is 23.7. The molecule has 0 aliphatic carbocycles. The standard InChI is InChI=1S/C23H14BrCl2N3O5/c24-16-2-5-20(33-12-13-1-3-17(25)10-19(13)26)15(7-16)11-27-28-23(30)22-9-14-8-18(29(31)32)4-6-21(14)34-22/h1-11H,12H2,(H,28,30)/b27-11-. The molecule has 1 aromatic heterocycles. The fourth-order valence-corrected chi connectivity index (χ4v) is 3.86. The van der Waals surface area contributed by atoms with Gasteiger partial charge in [0.25, 0.3) is 5.69 Å². The van der Waals surface area contributed by atoms with Crippen molar-refractivity contribution in [1.82, 2.24) is 5.43 Å². The Balaban J connectivity index is 1.47. The topological polar surface area (TPSA) is 107 Å². The Kier molecular flexibility index (Phi) is 7.16. The minimum absolute atomic E-state index is 0.0317. The molecule has 1 N–H and O–H groups in total. The van der Waals surface area contributed by atoms with E-state index < -0.39 is 10.8 Å². The van der Waals surface area contributed by atoms with Crippen molar-refractivity contribution in [2.45, 2.75) is 6.61 Å². The Labute approximate surface area is 211 Å². The van der Waals surface area contributed by atoms with Gasteiger partial charge in [0.05, 0.1) is 11.1 Å². The molecule has 0 bridgehead atoms.